The second kappa shape index (κ2) is 8.19. The number of nitrogens with one attached hydrogen (secondary N) is 1. The van der Waals surface area contributed by atoms with E-state index >= 15 is 0 Å². The van der Waals surface area contributed by atoms with Crippen molar-refractivity contribution in [2.45, 2.75) is 50.0 Å². The van der Waals surface area contributed by atoms with Crippen LogP contribution in [0.5, 0.6) is 5.75 Å². The quantitative estimate of drug-likeness (QED) is 0.883. The molecular weight excluding hydrogens is 340 g/mol. The van der Waals surface area contributed by atoms with Gasteiger partial charge in [-0.25, -0.2) is 0 Å². The Morgan fingerprint density at radius 2 is 1.96 bits per heavy atom. The molecule has 3 heterocycles. The number of carbonyl (C=O) groups is 1. The van der Waals surface area contributed by atoms with Gasteiger partial charge in [0.05, 0.1) is 0 Å². The molecule has 0 bridgehead atoms. The summed E-state index contributed by atoms with van der Waals surface area (Å²) >= 11 is 0. The summed E-state index contributed by atoms with van der Waals surface area (Å²) < 4.78 is 12.1. The van der Waals surface area contributed by atoms with Crippen molar-refractivity contribution in [3.05, 3.63) is 29.8 Å². The Balaban J connectivity index is 1.42. The van der Waals surface area contributed by atoms with Gasteiger partial charge in [-0.1, -0.05) is 18.2 Å². The lowest BCUT2D eigenvalue weighted by molar-refractivity contribution is -0.121. The molecule has 2 saturated heterocycles. The van der Waals surface area contributed by atoms with E-state index in [2.05, 4.69) is 22.3 Å². The molecule has 2 fully saturated rings. The number of hydrogen-bond donors (Lipinski definition) is 1. The Hall–Kier alpha value is -1.59. The fraction of sp³-hybridized carbons (Fsp3) is 0.682. The fourth-order valence-electron chi connectivity index (χ4n) is 5.00. The molecule has 27 heavy (non-hydrogen) atoms. The number of amides is 1. The van der Waals surface area contributed by atoms with Gasteiger partial charge < -0.3 is 19.7 Å². The first-order chi connectivity index (χ1) is 13.2. The maximum absolute atomic E-state index is 12.1. The SMILES string of the molecule is CNC(=O)C[C@H]1CC2(CCN(CC3CCOCC3)CC2)Oc2ccccc21. The zero-order valence-corrected chi connectivity index (χ0v) is 16.4. The van der Waals surface area contributed by atoms with E-state index in [9.17, 15) is 4.79 Å². The first kappa shape index (κ1) is 18.8. The minimum Gasteiger partial charge on any atom is -0.487 e. The third-order valence-corrected chi connectivity index (χ3v) is 6.64. The van der Waals surface area contributed by atoms with Crippen LogP contribution in [0.15, 0.2) is 24.3 Å². The zero-order chi connectivity index (χ0) is 18.7. The average Bonchev–Trinajstić information content (AvgIpc) is 2.70. The summed E-state index contributed by atoms with van der Waals surface area (Å²) in [5, 5.41) is 2.79. The number of hydrogen-bond acceptors (Lipinski definition) is 4. The van der Waals surface area contributed by atoms with Crippen molar-refractivity contribution in [3.8, 4) is 5.75 Å². The van der Waals surface area contributed by atoms with Crippen LogP contribution >= 0.6 is 0 Å². The Kier molecular flexibility index (Phi) is 5.69. The van der Waals surface area contributed by atoms with Crippen LogP contribution < -0.4 is 10.1 Å². The van der Waals surface area contributed by atoms with Gasteiger partial charge in [-0.05, 0) is 49.7 Å². The third-order valence-electron chi connectivity index (χ3n) is 6.64. The summed E-state index contributed by atoms with van der Waals surface area (Å²) in [4.78, 5) is 14.7. The number of likely N-dealkylation sites (tertiary alicyclic amines) is 1. The molecule has 3 aliphatic rings. The van der Waals surface area contributed by atoms with Crippen LogP contribution in [-0.4, -0.2) is 56.3 Å². The van der Waals surface area contributed by atoms with Gasteiger partial charge >= 0.3 is 0 Å². The van der Waals surface area contributed by atoms with Gasteiger partial charge in [0.1, 0.15) is 11.4 Å². The van der Waals surface area contributed by atoms with Gasteiger partial charge in [0.25, 0.3) is 0 Å². The van der Waals surface area contributed by atoms with Crippen LogP contribution in [0.3, 0.4) is 0 Å². The Morgan fingerprint density at radius 3 is 2.70 bits per heavy atom. The molecule has 1 aromatic rings. The van der Waals surface area contributed by atoms with E-state index in [0.29, 0.717) is 6.42 Å². The van der Waals surface area contributed by atoms with E-state index in [4.69, 9.17) is 9.47 Å². The van der Waals surface area contributed by atoms with Gasteiger partial charge in [0.15, 0.2) is 0 Å². The van der Waals surface area contributed by atoms with Crippen LogP contribution in [0, 0.1) is 5.92 Å². The number of para-hydroxylation sites is 1. The number of fused-ring (bicyclic) bond motifs is 1. The molecule has 3 aliphatic heterocycles. The Morgan fingerprint density at radius 1 is 1.22 bits per heavy atom. The monoisotopic (exact) mass is 372 g/mol. The van der Waals surface area contributed by atoms with Crippen molar-refractivity contribution in [2.24, 2.45) is 5.92 Å². The van der Waals surface area contributed by atoms with Gasteiger partial charge in [0.2, 0.25) is 5.91 Å². The summed E-state index contributed by atoms with van der Waals surface area (Å²) in [6.07, 6.45) is 5.98. The normalized spacial score (nSPS) is 25.6. The Bertz CT molecular complexity index is 649. The molecule has 1 aromatic carbocycles. The van der Waals surface area contributed by atoms with Gasteiger partial charge in [-0.3, -0.25) is 4.79 Å². The standard InChI is InChI=1S/C22H32N2O3/c1-23-21(25)14-18-15-22(27-20-5-3-2-4-19(18)20)8-10-24(11-9-22)16-17-6-12-26-13-7-17/h2-5,17-18H,6-16H2,1H3,(H,23,25)/t18-/m0/s1. The van der Waals surface area contributed by atoms with Gasteiger partial charge in [-0.15, -0.1) is 0 Å². The molecule has 0 saturated carbocycles. The molecule has 1 spiro atoms. The van der Waals surface area contributed by atoms with Gasteiger partial charge in [0, 0.05) is 52.2 Å². The lowest BCUT2D eigenvalue weighted by atomic mass is 9.76. The minimum absolute atomic E-state index is 0.112. The molecule has 148 valence electrons. The number of rotatable bonds is 4. The first-order valence-electron chi connectivity index (χ1n) is 10.5. The second-order valence-corrected chi connectivity index (χ2v) is 8.46. The largest absolute Gasteiger partial charge is 0.487 e. The summed E-state index contributed by atoms with van der Waals surface area (Å²) in [6.45, 7) is 5.21. The first-order valence-corrected chi connectivity index (χ1v) is 10.5. The number of nitrogens with zero attached hydrogens (tertiary/aromatic N) is 1. The molecule has 1 atom stereocenters. The predicted molar refractivity (Wildman–Crippen MR) is 105 cm³/mol. The topological polar surface area (TPSA) is 50.8 Å². The van der Waals surface area contributed by atoms with E-state index < -0.39 is 0 Å². The van der Waals surface area contributed by atoms with Crippen molar-refractivity contribution < 1.29 is 14.3 Å². The molecule has 0 radical (unpaired) electrons. The molecular formula is C22H32N2O3. The maximum Gasteiger partial charge on any atom is 0.220 e. The zero-order valence-electron chi connectivity index (χ0n) is 16.4. The molecule has 1 amide bonds. The molecule has 1 N–H and O–H groups in total. The van der Waals surface area contributed by atoms with Crippen LogP contribution in [0.1, 0.15) is 50.0 Å². The summed E-state index contributed by atoms with van der Waals surface area (Å²) in [5.74, 6) is 2.12. The summed E-state index contributed by atoms with van der Waals surface area (Å²) in [5.41, 5.74) is 1.08. The number of carbonyl (C=O) groups excluding carboxylic acids is 1. The third kappa shape index (κ3) is 4.30. The highest BCUT2D eigenvalue weighted by Crippen LogP contribution is 2.46. The smallest absolute Gasteiger partial charge is 0.220 e. The van der Waals surface area contributed by atoms with E-state index in [0.717, 1.165) is 57.2 Å². The molecule has 0 aliphatic carbocycles. The molecule has 4 rings (SSSR count). The van der Waals surface area contributed by atoms with Crippen LogP contribution in [-0.2, 0) is 9.53 Å². The van der Waals surface area contributed by atoms with Crippen molar-refractivity contribution in [3.63, 3.8) is 0 Å². The maximum atomic E-state index is 12.1. The van der Waals surface area contributed by atoms with E-state index in [1.165, 1.54) is 24.9 Å². The number of piperidine rings is 1. The highest BCUT2D eigenvalue weighted by atomic mass is 16.5. The lowest BCUT2D eigenvalue weighted by Crippen LogP contribution is -2.51. The minimum atomic E-state index is -0.112. The highest BCUT2D eigenvalue weighted by molar-refractivity contribution is 5.76. The molecule has 5 heteroatoms. The summed E-state index contributed by atoms with van der Waals surface area (Å²) in [7, 11) is 1.72. The predicted octanol–water partition coefficient (Wildman–Crippen LogP) is 2.95. The van der Waals surface area contributed by atoms with E-state index in [-0.39, 0.29) is 17.4 Å². The number of benzene rings is 1. The van der Waals surface area contributed by atoms with Crippen molar-refractivity contribution in [1.82, 2.24) is 10.2 Å². The Labute approximate surface area is 162 Å². The van der Waals surface area contributed by atoms with E-state index in [1.54, 1.807) is 7.05 Å². The van der Waals surface area contributed by atoms with Gasteiger partial charge in [-0.2, -0.15) is 0 Å². The fourth-order valence-corrected chi connectivity index (χ4v) is 5.00. The highest BCUT2D eigenvalue weighted by Gasteiger charge is 2.43. The average molecular weight is 373 g/mol. The van der Waals surface area contributed by atoms with Crippen LogP contribution in [0.25, 0.3) is 0 Å². The molecule has 0 unspecified atom stereocenters. The second-order valence-electron chi connectivity index (χ2n) is 8.46. The van der Waals surface area contributed by atoms with Crippen LogP contribution in [0.4, 0.5) is 0 Å². The van der Waals surface area contributed by atoms with E-state index in [1.807, 2.05) is 12.1 Å². The molecule has 0 aromatic heterocycles. The van der Waals surface area contributed by atoms with Crippen molar-refractivity contribution >= 4 is 5.91 Å². The lowest BCUT2D eigenvalue weighted by Gasteiger charge is -2.47. The molecule has 5 nitrogen and oxygen atoms in total. The number of ether oxygens (including phenoxy) is 2. The van der Waals surface area contributed by atoms with Crippen molar-refractivity contribution in [2.75, 3.05) is 39.9 Å². The van der Waals surface area contributed by atoms with Crippen molar-refractivity contribution in [1.29, 1.82) is 0 Å². The summed E-state index contributed by atoms with van der Waals surface area (Å²) in [6, 6.07) is 8.28. The van der Waals surface area contributed by atoms with Crippen LogP contribution in [0.2, 0.25) is 0 Å².